The molecule has 39 heavy (non-hydrogen) atoms. The van der Waals surface area contributed by atoms with Gasteiger partial charge in [0.15, 0.2) is 11.0 Å². The van der Waals surface area contributed by atoms with Crippen LogP contribution in [0.3, 0.4) is 0 Å². The van der Waals surface area contributed by atoms with E-state index in [2.05, 4.69) is 31.4 Å². The van der Waals surface area contributed by atoms with Crippen molar-refractivity contribution in [1.82, 2.24) is 25.1 Å². The number of carbonyl (C=O) groups is 2. The first-order chi connectivity index (χ1) is 18.9. The summed E-state index contributed by atoms with van der Waals surface area (Å²) in [4.78, 5) is 26.4. The van der Waals surface area contributed by atoms with E-state index >= 15 is 0 Å². The zero-order chi connectivity index (χ0) is 27.4. The summed E-state index contributed by atoms with van der Waals surface area (Å²) in [6.07, 6.45) is 0.600. The van der Waals surface area contributed by atoms with Gasteiger partial charge in [0.25, 0.3) is 11.8 Å². The van der Waals surface area contributed by atoms with Gasteiger partial charge in [-0.3, -0.25) is 9.59 Å². The third-order valence-corrected chi connectivity index (χ3v) is 8.65. The second kappa shape index (κ2) is 12.1. The Bertz CT molecular complexity index is 1490. The number of nitrogens with one attached hydrogen (secondary N) is 1. The summed E-state index contributed by atoms with van der Waals surface area (Å²) < 4.78 is 8.07. The maximum Gasteiger partial charge on any atom is 0.261 e. The molecule has 12 heteroatoms. The van der Waals surface area contributed by atoms with Crippen LogP contribution in [0.1, 0.15) is 39.1 Å². The van der Waals surface area contributed by atoms with Crippen molar-refractivity contribution in [2.75, 3.05) is 12.9 Å². The number of rotatable bonds is 9. The summed E-state index contributed by atoms with van der Waals surface area (Å²) in [6.45, 7) is 0.237. The lowest BCUT2D eigenvalue weighted by molar-refractivity contribution is -0.130. The van der Waals surface area contributed by atoms with Crippen LogP contribution in [-0.2, 0) is 18.4 Å². The Hall–Kier alpha value is -3.48. The second-order valence-corrected chi connectivity index (χ2v) is 11.5. The number of benzene rings is 2. The van der Waals surface area contributed by atoms with Gasteiger partial charge in [0.1, 0.15) is 5.75 Å². The smallest absolute Gasteiger partial charge is 0.261 e. The topological polar surface area (TPSA) is 102 Å². The average Bonchev–Trinajstić information content (AvgIpc) is 3.72. The molecular formula is C27H25BrN6O3S2. The SMILES string of the molecule is COc1ccc([C@H]2CC(c3ccc(Br)cc3)=NN2C(=O)CSc2nnc(CNC(=O)c3cccs3)n2C)cc1. The lowest BCUT2D eigenvalue weighted by Gasteiger charge is -2.22. The van der Waals surface area contributed by atoms with Crippen LogP contribution in [0, 0.1) is 0 Å². The molecule has 0 fully saturated rings. The van der Waals surface area contributed by atoms with Gasteiger partial charge in [-0.2, -0.15) is 5.10 Å². The van der Waals surface area contributed by atoms with Gasteiger partial charge in [-0.05, 0) is 46.8 Å². The fourth-order valence-corrected chi connectivity index (χ4v) is 5.80. The van der Waals surface area contributed by atoms with E-state index in [0.29, 0.717) is 22.3 Å². The van der Waals surface area contributed by atoms with Crippen molar-refractivity contribution in [2.24, 2.45) is 12.1 Å². The number of halogens is 1. The lowest BCUT2D eigenvalue weighted by Crippen LogP contribution is -2.28. The van der Waals surface area contributed by atoms with Crippen molar-refractivity contribution in [3.63, 3.8) is 0 Å². The fraction of sp³-hybridized carbons (Fsp3) is 0.222. The Kier molecular flexibility index (Phi) is 8.44. The molecule has 0 saturated heterocycles. The van der Waals surface area contributed by atoms with E-state index in [1.807, 2.05) is 67.0 Å². The molecular weight excluding hydrogens is 600 g/mol. The highest BCUT2D eigenvalue weighted by Gasteiger charge is 2.33. The molecule has 1 N–H and O–H groups in total. The Morgan fingerprint density at radius 2 is 1.90 bits per heavy atom. The zero-order valence-corrected chi connectivity index (χ0v) is 24.4. The number of carbonyl (C=O) groups excluding carboxylic acids is 2. The minimum Gasteiger partial charge on any atom is -0.497 e. The molecule has 2 aromatic carbocycles. The van der Waals surface area contributed by atoms with E-state index in [4.69, 9.17) is 9.84 Å². The molecule has 2 amide bonds. The van der Waals surface area contributed by atoms with Crippen LogP contribution >= 0.6 is 39.0 Å². The van der Waals surface area contributed by atoms with Gasteiger partial charge in [-0.15, -0.1) is 21.5 Å². The first-order valence-corrected chi connectivity index (χ1v) is 14.7. The summed E-state index contributed by atoms with van der Waals surface area (Å²) in [5.41, 5.74) is 2.80. The molecule has 5 rings (SSSR count). The quantitative estimate of drug-likeness (QED) is 0.262. The van der Waals surface area contributed by atoms with Gasteiger partial charge in [0.05, 0.1) is 36.0 Å². The summed E-state index contributed by atoms with van der Waals surface area (Å²) in [7, 11) is 3.45. The lowest BCUT2D eigenvalue weighted by atomic mass is 9.98. The Balaban J connectivity index is 1.28. The number of methoxy groups -OCH3 is 1. The van der Waals surface area contributed by atoms with Crippen LogP contribution in [-0.4, -0.2) is 50.2 Å². The number of hydrogen-bond acceptors (Lipinski definition) is 8. The molecule has 3 heterocycles. The third-order valence-electron chi connectivity index (χ3n) is 6.25. The number of thioether (sulfide) groups is 1. The molecule has 0 spiro atoms. The van der Waals surface area contributed by atoms with E-state index in [1.54, 1.807) is 22.8 Å². The van der Waals surface area contributed by atoms with E-state index in [-0.39, 0.29) is 30.2 Å². The highest BCUT2D eigenvalue weighted by atomic mass is 79.9. The number of ether oxygens (including phenoxy) is 1. The molecule has 0 unspecified atom stereocenters. The third kappa shape index (κ3) is 6.23. The summed E-state index contributed by atoms with van der Waals surface area (Å²) in [6, 6.07) is 19.0. The Morgan fingerprint density at radius 3 is 2.59 bits per heavy atom. The van der Waals surface area contributed by atoms with Crippen molar-refractivity contribution < 1.29 is 14.3 Å². The first kappa shape index (κ1) is 27.1. The van der Waals surface area contributed by atoms with E-state index < -0.39 is 0 Å². The largest absolute Gasteiger partial charge is 0.497 e. The second-order valence-electron chi connectivity index (χ2n) is 8.69. The minimum absolute atomic E-state index is 0.136. The average molecular weight is 626 g/mol. The van der Waals surface area contributed by atoms with Crippen LogP contribution in [0.15, 0.2) is 80.8 Å². The van der Waals surface area contributed by atoms with Crippen molar-refractivity contribution in [1.29, 1.82) is 0 Å². The minimum atomic E-state index is -0.231. The number of hydrogen-bond donors (Lipinski definition) is 1. The summed E-state index contributed by atoms with van der Waals surface area (Å²) in [5.74, 6) is 1.20. The summed E-state index contributed by atoms with van der Waals surface area (Å²) in [5, 5.41) is 20.0. The monoisotopic (exact) mass is 624 g/mol. The highest BCUT2D eigenvalue weighted by molar-refractivity contribution is 9.10. The molecule has 0 saturated carbocycles. The molecule has 9 nitrogen and oxygen atoms in total. The number of thiophene rings is 1. The molecule has 0 radical (unpaired) electrons. The molecule has 1 aliphatic rings. The Labute approximate surface area is 242 Å². The van der Waals surface area contributed by atoms with E-state index in [1.165, 1.54) is 23.1 Å². The predicted octanol–water partition coefficient (Wildman–Crippen LogP) is 5.05. The number of nitrogens with zero attached hydrogens (tertiary/aromatic N) is 5. The number of hydrazone groups is 1. The molecule has 1 atom stereocenters. The normalized spacial score (nSPS) is 14.8. The molecule has 0 bridgehead atoms. The number of aromatic nitrogens is 3. The van der Waals surface area contributed by atoms with Gasteiger partial charge < -0.3 is 14.6 Å². The fourth-order valence-electron chi connectivity index (χ4n) is 4.11. The van der Waals surface area contributed by atoms with Crippen LogP contribution in [0.5, 0.6) is 5.75 Å². The van der Waals surface area contributed by atoms with Gasteiger partial charge in [-0.25, -0.2) is 5.01 Å². The molecule has 1 aliphatic heterocycles. The van der Waals surface area contributed by atoms with Gasteiger partial charge >= 0.3 is 0 Å². The van der Waals surface area contributed by atoms with Gasteiger partial charge in [0, 0.05) is 17.9 Å². The molecule has 200 valence electrons. The van der Waals surface area contributed by atoms with Crippen molar-refractivity contribution in [3.05, 3.63) is 92.3 Å². The van der Waals surface area contributed by atoms with Crippen LogP contribution in [0.4, 0.5) is 0 Å². The van der Waals surface area contributed by atoms with Crippen LogP contribution in [0.2, 0.25) is 0 Å². The maximum atomic E-state index is 13.5. The summed E-state index contributed by atoms with van der Waals surface area (Å²) >= 11 is 6.14. The highest BCUT2D eigenvalue weighted by Crippen LogP contribution is 2.34. The standard InChI is InChI=1S/C27H25BrN6O3S2/c1-33-24(15-29-26(36)23-4-3-13-38-23)30-31-27(33)39-16-25(35)34-22(18-7-11-20(37-2)12-8-18)14-21(32-34)17-5-9-19(28)10-6-17/h3-13,22H,14-16H2,1-2H3,(H,29,36)/t22-/m1/s1. The van der Waals surface area contributed by atoms with Gasteiger partial charge in [0.2, 0.25) is 0 Å². The van der Waals surface area contributed by atoms with Crippen molar-refractivity contribution in [2.45, 2.75) is 24.2 Å². The number of amides is 2. The van der Waals surface area contributed by atoms with Crippen LogP contribution in [0.25, 0.3) is 0 Å². The van der Waals surface area contributed by atoms with E-state index in [0.717, 1.165) is 27.1 Å². The Morgan fingerprint density at radius 1 is 1.13 bits per heavy atom. The first-order valence-electron chi connectivity index (χ1n) is 12.0. The van der Waals surface area contributed by atoms with Crippen LogP contribution < -0.4 is 10.1 Å². The molecule has 0 aliphatic carbocycles. The maximum absolute atomic E-state index is 13.5. The predicted molar refractivity (Wildman–Crippen MR) is 155 cm³/mol. The van der Waals surface area contributed by atoms with Gasteiger partial charge in [-0.1, -0.05) is 58.0 Å². The van der Waals surface area contributed by atoms with Crippen molar-refractivity contribution >= 4 is 56.6 Å². The van der Waals surface area contributed by atoms with E-state index in [9.17, 15) is 9.59 Å². The molecule has 2 aromatic heterocycles. The van der Waals surface area contributed by atoms with Crippen molar-refractivity contribution in [3.8, 4) is 5.75 Å². The molecule has 4 aromatic rings. The zero-order valence-electron chi connectivity index (χ0n) is 21.2.